The third-order valence-corrected chi connectivity index (χ3v) is 6.24. The SMILES string of the molecule is C[C@H]1N(c2nc3c(cc2F)c(=O)c(C(=O)O)cn3C2CC2)C[C@H]2C[C@]21N. The Kier molecular flexibility index (Phi) is 2.92. The number of hydrogen-bond acceptors (Lipinski definition) is 5. The third kappa shape index (κ3) is 1.99. The molecule has 2 aromatic heterocycles. The van der Waals surface area contributed by atoms with Crippen LogP contribution in [0, 0.1) is 11.7 Å². The van der Waals surface area contributed by atoms with Crippen LogP contribution < -0.4 is 16.1 Å². The molecule has 3 aliphatic rings. The number of carboxylic acids is 1. The summed E-state index contributed by atoms with van der Waals surface area (Å²) in [6.45, 7) is 2.62. The van der Waals surface area contributed by atoms with Gasteiger partial charge < -0.3 is 20.3 Å². The van der Waals surface area contributed by atoms with Crippen LogP contribution in [-0.4, -0.2) is 38.8 Å². The summed E-state index contributed by atoms with van der Waals surface area (Å²) >= 11 is 0. The molecule has 7 nitrogen and oxygen atoms in total. The molecule has 0 amide bonds. The molecule has 0 radical (unpaired) electrons. The Morgan fingerprint density at radius 2 is 2.19 bits per heavy atom. The Morgan fingerprint density at radius 3 is 2.77 bits per heavy atom. The Bertz CT molecular complexity index is 1030. The summed E-state index contributed by atoms with van der Waals surface area (Å²) in [6.07, 6.45) is 4.06. The van der Waals surface area contributed by atoms with E-state index in [0.29, 0.717) is 18.1 Å². The third-order valence-electron chi connectivity index (χ3n) is 6.24. The second-order valence-corrected chi connectivity index (χ2v) is 7.82. The molecule has 5 rings (SSSR count). The number of aromatic nitrogens is 2. The van der Waals surface area contributed by atoms with Crippen LogP contribution in [0.3, 0.4) is 0 Å². The molecule has 2 aliphatic carbocycles. The van der Waals surface area contributed by atoms with Gasteiger partial charge in [-0.2, -0.15) is 0 Å². The first-order valence-corrected chi connectivity index (χ1v) is 8.85. The molecule has 136 valence electrons. The molecule has 3 fully saturated rings. The molecule has 1 aliphatic heterocycles. The largest absolute Gasteiger partial charge is 0.477 e. The first kappa shape index (κ1) is 15.7. The van der Waals surface area contributed by atoms with Gasteiger partial charge in [0.25, 0.3) is 0 Å². The molecule has 3 atom stereocenters. The highest BCUT2D eigenvalue weighted by Gasteiger charge is 2.62. The van der Waals surface area contributed by atoms with Crippen LogP contribution in [0.2, 0.25) is 0 Å². The van der Waals surface area contributed by atoms with E-state index in [1.165, 1.54) is 6.20 Å². The molecule has 1 saturated heterocycles. The first-order valence-electron chi connectivity index (χ1n) is 8.85. The summed E-state index contributed by atoms with van der Waals surface area (Å²) in [6, 6.07) is 1.20. The highest BCUT2D eigenvalue weighted by molar-refractivity contribution is 5.92. The number of rotatable bonds is 3. The van der Waals surface area contributed by atoms with Crippen LogP contribution >= 0.6 is 0 Å². The number of piperidine rings is 1. The summed E-state index contributed by atoms with van der Waals surface area (Å²) in [7, 11) is 0. The van der Waals surface area contributed by atoms with Gasteiger partial charge in [-0.3, -0.25) is 4.79 Å². The van der Waals surface area contributed by atoms with E-state index >= 15 is 0 Å². The maximum atomic E-state index is 14.8. The van der Waals surface area contributed by atoms with Gasteiger partial charge in [-0.1, -0.05) is 0 Å². The summed E-state index contributed by atoms with van der Waals surface area (Å²) in [5.74, 6) is -1.39. The zero-order valence-corrected chi connectivity index (χ0v) is 14.3. The lowest BCUT2D eigenvalue weighted by molar-refractivity contribution is 0.0695. The van der Waals surface area contributed by atoms with E-state index in [9.17, 15) is 19.1 Å². The average molecular weight is 358 g/mol. The fourth-order valence-corrected chi connectivity index (χ4v) is 4.29. The van der Waals surface area contributed by atoms with E-state index in [-0.39, 0.29) is 34.4 Å². The molecular formula is C18H19FN4O3. The van der Waals surface area contributed by atoms with Crippen LogP contribution in [0.4, 0.5) is 10.2 Å². The lowest BCUT2D eigenvalue weighted by Gasteiger charge is -2.29. The van der Waals surface area contributed by atoms with Gasteiger partial charge in [-0.15, -0.1) is 0 Å². The normalized spacial score (nSPS) is 29.9. The minimum atomic E-state index is -1.31. The molecule has 0 unspecified atom stereocenters. The number of carbonyl (C=O) groups is 1. The number of nitrogens with zero attached hydrogens (tertiary/aromatic N) is 3. The monoisotopic (exact) mass is 358 g/mol. The molecule has 0 bridgehead atoms. The van der Waals surface area contributed by atoms with Gasteiger partial charge in [0.1, 0.15) is 11.2 Å². The Labute approximate surface area is 148 Å². The molecule has 0 aromatic carbocycles. The Morgan fingerprint density at radius 1 is 1.46 bits per heavy atom. The highest BCUT2D eigenvalue weighted by atomic mass is 19.1. The second kappa shape index (κ2) is 4.82. The van der Waals surface area contributed by atoms with Gasteiger partial charge in [0.2, 0.25) is 5.43 Å². The molecule has 26 heavy (non-hydrogen) atoms. The zero-order chi connectivity index (χ0) is 18.4. The Hall–Kier alpha value is -2.48. The van der Waals surface area contributed by atoms with E-state index in [1.54, 1.807) is 4.57 Å². The van der Waals surface area contributed by atoms with Crippen molar-refractivity contribution in [1.82, 2.24) is 9.55 Å². The minimum Gasteiger partial charge on any atom is -0.477 e. The van der Waals surface area contributed by atoms with E-state index in [4.69, 9.17) is 5.73 Å². The van der Waals surface area contributed by atoms with Crippen LogP contribution in [0.5, 0.6) is 0 Å². The van der Waals surface area contributed by atoms with Gasteiger partial charge in [0, 0.05) is 30.4 Å². The van der Waals surface area contributed by atoms with Crippen LogP contribution in [-0.2, 0) is 0 Å². The number of aromatic carboxylic acids is 1. The molecule has 2 saturated carbocycles. The summed E-state index contributed by atoms with van der Waals surface area (Å²) < 4.78 is 16.5. The van der Waals surface area contributed by atoms with E-state index in [2.05, 4.69) is 4.98 Å². The Balaban J connectivity index is 1.72. The van der Waals surface area contributed by atoms with Crippen molar-refractivity contribution in [3.8, 4) is 0 Å². The van der Waals surface area contributed by atoms with Gasteiger partial charge in [-0.05, 0) is 38.2 Å². The number of carboxylic acid groups (broad SMARTS) is 1. The minimum absolute atomic E-state index is 0.0116. The molecule has 2 aromatic rings. The fraction of sp³-hybridized carbons (Fsp3) is 0.500. The predicted octanol–water partition coefficient (Wildman–Crippen LogP) is 1.49. The van der Waals surface area contributed by atoms with Crippen molar-refractivity contribution >= 4 is 22.8 Å². The van der Waals surface area contributed by atoms with Gasteiger partial charge >= 0.3 is 5.97 Å². The quantitative estimate of drug-likeness (QED) is 0.862. The lowest BCUT2D eigenvalue weighted by Crippen LogP contribution is -2.43. The van der Waals surface area contributed by atoms with Crippen LogP contribution in [0.15, 0.2) is 17.1 Å². The van der Waals surface area contributed by atoms with Crippen molar-refractivity contribution in [2.45, 2.75) is 43.8 Å². The zero-order valence-electron chi connectivity index (χ0n) is 14.3. The predicted molar refractivity (Wildman–Crippen MR) is 93.0 cm³/mol. The van der Waals surface area contributed by atoms with Gasteiger partial charge in [0.15, 0.2) is 11.6 Å². The van der Waals surface area contributed by atoms with Crippen LogP contribution in [0.25, 0.3) is 11.0 Å². The second-order valence-electron chi connectivity index (χ2n) is 7.82. The van der Waals surface area contributed by atoms with E-state index in [0.717, 1.165) is 25.3 Å². The highest BCUT2D eigenvalue weighted by Crippen LogP contribution is 2.52. The van der Waals surface area contributed by atoms with Crippen molar-refractivity contribution in [3.05, 3.63) is 33.9 Å². The van der Waals surface area contributed by atoms with Crippen molar-refractivity contribution in [2.24, 2.45) is 11.7 Å². The number of halogens is 1. The number of anilines is 1. The van der Waals surface area contributed by atoms with Gasteiger partial charge in [0.05, 0.1) is 5.39 Å². The van der Waals surface area contributed by atoms with Crippen molar-refractivity contribution in [1.29, 1.82) is 0 Å². The molecule has 0 spiro atoms. The molecule has 8 heteroatoms. The van der Waals surface area contributed by atoms with E-state index in [1.807, 2.05) is 11.8 Å². The van der Waals surface area contributed by atoms with Crippen molar-refractivity contribution in [3.63, 3.8) is 0 Å². The molecular weight excluding hydrogens is 339 g/mol. The van der Waals surface area contributed by atoms with Crippen LogP contribution in [0.1, 0.15) is 42.6 Å². The number of pyridine rings is 2. The summed E-state index contributed by atoms with van der Waals surface area (Å²) in [4.78, 5) is 30.2. The standard InChI is InChI=1S/C18H19FN4O3/c1-8-18(20)5-9(18)6-22(8)16-13(19)4-11-14(24)12(17(25)26)7-23(10-2-3-10)15(11)21-16/h4,7-10H,2-3,5-6,20H2,1H3,(H,25,26)/t8-,9-,18-/m1/s1. The smallest absolute Gasteiger partial charge is 0.341 e. The van der Waals surface area contributed by atoms with Crippen molar-refractivity contribution in [2.75, 3.05) is 11.4 Å². The fourth-order valence-electron chi connectivity index (χ4n) is 4.29. The average Bonchev–Trinajstić information content (AvgIpc) is 3.49. The lowest BCUT2D eigenvalue weighted by atomic mass is 10.1. The van der Waals surface area contributed by atoms with Gasteiger partial charge in [-0.25, -0.2) is 14.2 Å². The van der Waals surface area contributed by atoms with Crippen molar-refractivity contribution < 1.29 is 14.3 Å². The number of nitrogens with two attached hydrogens (primary N) is 1. The van der Waals surface area contributed by atoms with E-state index < -0.39 is 17.2 Å². The summed E-state index contributed by atoms with van der Waals surface area (Å²) in [5.41, 5.74) is 5.35. The maximum absolute atomic E-state index is 14.8. The number of fused-ring (bicyclic) bond motifs is 2. The summed E-state index contributed by atoms with van der Waals surface area (Å²) in [5, 5.41) is 9.31. The molecule has 3 N–H and O–H groups in total. The first-order chi connectivity index (χ1) is 12.3. The topological polar surface area (TPSA) is 101 Å². The number of hydrogen-bond donors (Lipinski definition) is 2. The maximum Gasteiger partial charge on any atom is 0.341 e. The molecule has 3 heterocycles.